The highest BCUT2D eigenvalue weighted by atomic mass is 35.5. The minimum atomic E-state index is 0.0647. The van der Waals surface area contributed by atoms with Crippen LogP contribution in [0.3, 0.4) is 0 Å². The summed E-state index contributed by atoms with van der Waals surface area (Å²) in [5.74, 6) is 0.317. The zero-order valence-corrected chi connectivity index (χ0v) is 9.65. The number of halogens is 1. The molecule has 0 radical (unpaired) electrons. The number of rotatable bonds is 3. The van der Waals surface area contributed by atoms with Crippen molar-refractivity contribution < 1.29 is 4.74 Å². The van der Waals surface area contributed by atoms with Gasteiger partial charge in [0.2, 0.25) is 0 Å². The van der Waals surface area contributed by atoms with Crippen LogP contribution in [-0.4, -0.2) is 23.1 Å². The van der Waals surface area contributed by atoms with Crippen LogP contribution in [0.4, 0.5) is 0 Å². The molecule has 0 amide bonds. The van der Waals surface area contributed by atoms with E-state index >= 15 is 0 Å². The van der Waals surface area contributed by atoms with Crippen molar-refractivity contribution in [2.45, 2.75) is 37.2 Å². The quantitative estimate of drug-likeness (QED) is 0.738. The molecule has 1 aromatic rings. The van der Waals surface area contributed by atoms with Crippen LogP contribution in [0.25, 0.3) is 0 Å². The second kappa shape index (κ2) is 4.95. The lowest BCUT2D eigenvalue weighted by atomic mass is 9.94. The molecule has 0 spiro atoms. The van der Waals surface area contributed by atoms with Gasteiger partial charge in [-0.2, -0.15) is 0 Å². The maximum Gasteiger partial charge on any atom is 0.0745 e. The lowest BCUT2D eigenvalue weighted by Crippen LogP contribution is -2.25. The summed E-state index contributed by atoms with van der Waals surface area (Å²) in [7, 11) is 0. The first-order valence-electron chi connectivity index (χ1n) is 5.44. The molecule has 1 aliphatic heterocycles. The number of ether oxygens (including phenoxy) is 1. The topological polar surface area (TPSA) is 22.1 Å². The van der Waals surface area contributed by atoms with Crippen molar-refractivity contribution >= 4 is 11.6 Å². The highest BCUT2D eigenvalue weighted by Crippen LogP contribution is 2.30. The fourth-order valence-corrected chi connectivity index (χ4v) is 2.37. The molecule has 82 valence electrons. The Morgan fingerprint density at radius 2 is 2.20 bits per heavy atom. The van der Waals surface area contributed by atoms with Crippen molar-refractivity contribution in [3.8, 4) is 0 Å². The second-order valence-corrected chi connectivity index (χ2v) is 4.57. The summed E-state index contributed by atoms with van der Waals surface area (Å²) in [4.78, 5) is 4.01. The molecule has 2 rings (SSSR count). The molecule has 2 heterocycles. The standard InChI is InChI=1S/C12H16ClNO/c1-9(10-4-6-14-7-5-10)12(13)11-3-2-8-15-11/h4-7,9,11-12H,2-3,8H2,1H3. The van der Waals surface area contributed by atoms with E-state index in [1.54, 1.807) is 0 Å². The Balaban J connectivity index is 2.03. The first kappa shape index (κ1) is 10.9. The van der Waals surface area contributed by atoms with Crippen LogP contribution in [-0.2, 0) is 4.74 Å². The largest absolute Gasteiger partial charge is 0.377 e. The van der Waals surface area contributed by atoms with Gasteiger partial charge in [-0.3, -0.25) is 4.98 Å². The highest BCUT2D eigenvalue weighted by Gasteiger charge is 2.29. The molecular weight excluding hydrogens is 210 g/mol. The van der Waals surface area contributed by atoms with E-state index in [2.05, 4.69) is 11.9 Å². The minimum absolute atomic E-state index is 0.0647. The average molecular weight is 226 g/mol. The van der Waals surface area contributed by atoms with E-state index in [4.69, 9.17) is 16.3 Å². The number of hydrogen-bond acceptors (Lipinski definition) is 2. The third kappa shape index (κ3) is 2.50. The summed E-state index contributed by atoms with van der Waals surface area (Å²) in [6, 6.07) is 4.05. The van der Waals surface area contributed by atoms with Gasteiger partial charge in [0, 0.05) is 24.9 Å². The van der Waals surface area contributed by atoms with E-state index in [0.717, 1.165) is 19.4 Å². The third-order valence-corrected chi connectivity index (χ3v) is 3.69. The van der Waals surface area contributed by atoms with Gasteiger partial charge in [-0.1, -0.05) is 6.92 Å². The van der Waals surface area contributed by atoms with Crippen LogP contribution in [0.2, 0.25) is 0 Å². The van der Waals surface area contributed by atoms with E-state index in [9.17, 15) is 0 Å². The zero-order valence-electron chi connectivity index (χ0n) is 8.90. The van der Waals surface area contributed by atoms with Crippen LogP contribution in [0.15, 0.2) is 24.5 Å². The molecule has 0 saturated carbocycles. The lowest BCUT2D eigenvalue weighted by Gasteiger charge is -2.23. The summed E-state index contributed by atoms with van der Waals surface area (Å²) < 4.78 is 5.61. The number of alkyl halides is 1. The van der Waals surface area contributed by atoms with Gasteiger partial charge < -0.3 is 4.74 Å². The van der Waals surface area contributed by atoms with E-state index in [-0.39, 0.29) is 11.5 Å². The van der Waals surface area contributed by atoms with E-state index in [1.165, 1.54) is 5.56 Å². The Morgan fingerprint density at radius 3 is 2.80 bits per heavy atom. The highest BCUT2D eigenvalue weighted by molar-refractivity contribution is 6.21. The van der Waals surface area contributed by atoms with Crippen LogP contribution in [0.1, 0.15) is 31.2 Å². The Morgan fingerprint density at radius 1 is 1.47 bits per heavy atom. The van der Waals surface area contributed by atoms with Crippen molar-refractivity contribution in [3.05, 3.63) is 30.1 Å². The van der Waals surface area contributed by atoms with Crippen LogP contribution < -0.4 is 0 Å². The molecule has 3 heteroatoms. The van der Waals surface area contributed by atoms with Gasteiger partial charge in [0.25, 0.3) is 0 Å². The molecule has 1 fully saturated rings. The van der Waals surface area contributed by atoms with Gasteiger partial charge in [0.05, 0.1) is 11.5 Å². The smallest absolute Gasteiger partial charge is 0.0745 e. The van der Waals surface area contributed by atoms with Gasteiger partial charge in [-0.15, -0.1) is 11.6 Å². The summed E-state index contributed by atoms with van der Waals surface area (Å²) in [5.41, 5.74) is 1.24. The van der Waals surface area contributed by atoms with Crippen LogP contribution >= 0.6 is 11.6 Å². The molecule has 0 aliphatic carbocycles. The summed E-state index contributed by atoms with van der Waals surface area (Å²) in [6.45, 7) is 3.01. The van der Waals surface area contributed by atoms with Crippen molar-refractivity contribution in [3.63, 3.8) is 0 Å². The van der Waals surface area contributed by atoms with Crippen LogP contribution in [0.5, 0.6) is 0 Å². The van der Waals surface area contributed by atoms with Gasteiger partial charge in [0.1, 0.15) is 0 Å². The molecule has 1 saturated heterocycles. The molecule has 15 heavy (non-hydrogen) atoms. The molecule has 1 aliphatic rings. The number of pyridine rings is 1. The maximum atomic E-state index is 6.43. The Bertz CT molecular complexity index is 298. The first-order chi connectivity index (χ1) is 7.29. The predicted octanol–water partition coefficient (Wildman–Crippen LogP) is 2.97. The maximum absolute atomic E-state index is 6.43. The predicted molar refractivity (Wildman–Crippen MR) is 61.3 cm³/mol. The summed E-state index contributed by atoms with van der Waals surface area (Å²) in [5, 5.41) is 0.0647. The molecule has 0 aromatic carbocycles. The monoisotopic (exact) mass is 225 g/mol. The molecule has 3 atom stereocenters. The van der Waals surface area contributed by atoms with Crippen molar-refractivity contribution in [1.29, 1.82) is 0 Å². The zero-order chi connectivity index (χ0) is 10.7. The first-order valence-corrected chi connectivity index (χ1v) is 5.88. The fraction of sp³-hybridized carbons (Fsp3) is 0.583. The molecule has 3 unspecified atom stereocenters. The fourth-order valence-electron chi connectivity index (χ4n) is 2.03. The Labute approximate surface area is 95.6 Å². The molecule has 1 aromatic heterocycles. The normalized spacial score (nSPS) is 25.1. The number of hydrogen-bond donors (Lipinski definition) is 0. The minimum Gasteiger partial charge on any atom is -0.377 e. The average Bonchev–Trinajstić information content (AvgIpc) is 2.82. The van der Waals surface area contributed by atoms with Crippen molar-refractivity contribution in [1.82, 2.24) is 4.98 Å². The van der Waals surface area contributed by atoms with Gasteiger partial charge in [0.15, 0.2) is 0 Å². The molecular formula is C12H16ClNO. The van der Waals surface area contributed by atoms with Crippen LogP contribution in [0, 0.1) is 0 Å². The third-order valence-electron chi connectivity index (χ3n) is 3.03. The Hall–Kier alpha value is -0.600. The van der Waals surface area contributed by atoms with Crippen molar-refractivity contribution in [2.75, 3.05) is 6.61 Å². The van der Waals surface area contributed by atoms with Gasteiger partial charge >= 0.3 is 0 Å². The lowest BCUT2D eigenvalue weighted by molar-refractivity contribution is 0.102. The van der Waals surface area contributed by atoms with Crippen molar-refractivity contribution in [2.24, 2.45) is 0 Å². The van der Waals surface area contributed by atoms with Gasteiger partial charge in [-0.25, -0.2) is 0 Å². The Kier molecular flexibility index (Phi) is 3.60. The molecule has 2 nitrogen and oxygen atoms in total. The second-order valence-electron chi connectivity index (χ2n) is 4.07. The van der Waals surface area contributed by atoms with E-state index in [0.29, 0.717) is 5.92 Å². The van der Waals surface area contributed by atoms with Gasteiger partial charge in [-0.05, 0) is 30.5 Å². The SMILES string of the molecule is CC(c1ccncc1)C(Cl)C1CCCO1. The number of nitrogens with zero attached hydrogens (tertiary/aromatic N) is 1. The molecule has 0 bridgehead atoms. The van der Waals surface area contributed by atoms with E-state index in [1.807, 2.05) is 24.5 Å². The summed E-state index contributed by atoms with van der Waals surface area (Å²) in [6.07, 6.45) is 6.06. The van der Waals surface area contributed by atoms with E-state index < -0.39 is 0 Å². The number of aromatic nitrogens is 1. The molecule has 0 N–H and O–H groups in total. The summed E-state index contributed by atoms with van der Waals surface area (Å²) >= 11 is 6.43.